The average Bonchev–Trinajstić information content (AvgIpc) is 2.68. The molecule has 1 aromatic heterocycles. The molecule has 5 heteroatoms. The predicted molar refractivity (Wildman–Crippen MR) is 55.8 cm³/mol. The number of nitrogens with zero attached hydrogens (tertiary/aromatic N) is 2. The molecule has 4 nitrogen and oxygen atoms in total. The smallest absolute Gasteiger partial charge is 0.272 e. The summed E-state index contributed by atoms with van der Waals surface area (Å²) < 4.78 is 0. The average molecular weight is 222 g/mol. The Balaban J connectivity index is 2.15. The molecule has 1 aromatic carbocycles. The summed E-state index contributed by atoms with van der Waals surface area (Å²) in [5.41, 5.74) is 1.10. The van der Waals surface area contributed by atoms with Gasteiger partial charge in [-0.25, -0.2) is 4.98 Å². The summed E-state index contributed by atoms with van der Waals surface area (Å²) in [6.45, 7) is 0. The van der Waals surface area contributed by atoms with Crippen LogP contribution in [0, 0.1) is 0 Å². The van der Waals surface area contributed by atoms with E-state index in [1.54, 1.807) is 0 Å². The van der Waals surface area contributed by atoms with Crippen LogP contribution in [-0.4, -0.2) is 20.4 Å². The van der Waals surface area contributed by atoms with Crippen molar-refractivity contribution in [2.75, 3.05) is 0 Å². The van der Waals surface area contributed by atoms with Crippen LogP contribution in [0.5, 0.6) is 0 Å². The molecule has 0 aliphatic carbocycles. The normalized spacial score (nSPS) is 10.2. The van der Waals surface area contributed by atoms with E-state index in [9.17, 15) is 4.79 Å². The Labute approximate surface area is 91.3 Å². The topological polar surface area (TPSA) is 58.6 Å². The fourth-order valence-corrected chi connectivity index (χ4v) is 1.34. The highest BCUT2D eigenvalue weighted by atomic mass is 35.5. The fourth-order valence-electron chi connectivity index (χ4n) is 1.25. The largest absolute Gasteiger partial charge is 0.291 e. The molecule has 0 aliphatic heterocycles. The van der Waals surface area contributed by atoms with Crippen LogP contribution < -0.4 is 0 Å². The Kier molecular flexibility index (Phi) is 2.78. The number of carbonyl (C=O) groups is 1. The van der Waals surface area contributed by atoms with Gasteiger partial charge in [-0.05, 0) is 17.2 Å². The van der Waals surface area contributed by atoms with E-state index in [-0.39, 0.29) is 5.82 Å². The van der Waals surface area contributed by atoms with Crippen molar-refractivity contribution in [3.63, 3.8) is 0 Å². The van der Waals surface area contributed by atoms with Gasteiger partial charge in [-0.1, -0.05) is 30.3 Å². The van der Waals surface area contributed by atoms with E-state index in [0.717, 1.165) is 5.56 Å². The lowest BCUT2D eigenvalue weighted by atomic mass is 10.1. The molecule has 0 saturated carbocycles. The van der Waals surface area contributed by atoms with Crippen LogP contribution in [0.4, 0.5) is 0 Å². The zero-order chi connectivity index (χ0) is 10.7. The molecule has 1 heterocycles. The number of carbonyl (C=O) groups excluding carboxylic acids is 1. The van der Waals surface area contributed by atoms with Crippen LogP contribution in [-0.2, 0) is 6.42 Å². The quantitative estimate of drug-likeness (QED) is 0.804. The summed E-state index contributed by atoms with van der Waals surface area (Å²) >= 11 is 5.24. The molecule has 0 amide bonds. The summed E-state index contributed by atoms with van der Waals surface area (Å²) in [6, 6.07) is 9.78. The van der Waals surface area contributed by atoms with E-state index in [2.05, 4.69) is 15.2 Å². The third kappa shape index (κ3) is 2.41. The maximum Gasteiger partial charge on any atom is 0.291 e. The van der Waals surface area contributed by atoms with Crippen LogP contribution >= 0.6 is 11.6 Å². The maximum atomic E-state index is 10.7. The molecule has 0 unspecified atom stereocenters. The third-order valence-corrected chi connectivity index (χ3v) is 2.09. The minimum absolute atomic E-state index is 0.0163. The van der Waals surface area contributed by atoms with Crippen molar-refractivity contribution in [3.05, 3.63) is 47.5 Å². The van der Waals surface area contributed by atoms with Crippen LogP contribution in [0.15, 0.2) is 30.3 Å². The molecule has 0 aliphatic rings. The monoisotopic (exact) mass is 221 g/mol. The van der Waals surface area contributed by atoms with Gasteiger partial charge < -0.3 is 0 Å². The van der Waals surface area contributed by atoms with Crippen LogP contribution in [0.25, 0.3) is 0 Å². The second-order valence-corrected chi connectivity index (χ2v) is 3.39. The van der Waals surface area contributed by atoms with E-state index in [1.165, 1.54) is 0 Å². The number of rotatable bonds is 3. The van der Waals surface area contributed by atoms with Crippen molar-refractivity contribution in [2.24, 2.45) is 0 Å². The van der Waals surface area contributed by atoms with Crippen molar-refractivity contribution < 1.29 is 4.79 Å². The molecular weight excluding hydrogens is 214 g/mol. The summed E-state index contributed by atoms with van der Waals surface area (Å²) in [5, 5.41) is 5.72. The van der Waals surface area contributed by atoms with E-state index in [0.29, 0.717) is 12.2 Å². The Hall–Kier alpha value is -1.68. The standard InChI is InChI=1S/C10H8ClN3O/c11-9(15)10-12-8(13-14-10)6-7-4-2-1-3-5-7/h1-5H,6H2,(H,12,13,14). The predicted octanol–water partition coefficient (Wildman–Crippen LogP) is 1.77. The maximum absolute atomic E-state index is 10.7. The third-order valence-electron chi connectivity index (χ3n) is 1.92. The SMILES string of the molecule is O=C(Cl)c1n[nH]c(Cc2ccccc2)n1. The Morgan fingerprint density at radius 1 is 1.33 bits per heavy atom. The molecule has 15 heavy (non-hydrogen) atoms. The summed E-state index contributed by atoms with van der Waals surface area (Å²) in [7, 11) is 0. The number of halogens is 1. The van der Waals surface area contributed by atoms with Gasteiger partial charge in [0.05, 0.1) is 0 Å². The van der Waals surface area contributed by atoms with Crippen LogP contribution in [0.3, 0.4) is 0 Å². The summed E-state index contributed by atoms with van der Waals surface area (Å²) in [4.78, 5) is 14.7. The molecule has 0 spiro atoms. The highest BCUT2D eigenvalue weighted by molar-refractivity contribution is 6.67. The second kappa shape index (κ2) is 4.23. The highest BCUT2D eigenvalue weighted by Gasteiger charge is 2.09. The second-order valence-electron chi connectivity index (χ2n) is 3.04. The molecule has 0 radical (unpaired) electrons. The van der Waals surface area contributed by atoms with E-state index in [4.69, 9.17) is 11.6 Å². The minimum Gasteiger partial charge on any atom is -0.272 e. The van der Waals surface area contributed by atoms with Gasteiger partial charge in [0.2, 0.25) is 5.82 Å². The fraction of sp³-hybridized carbons (Fsp3) is 0.100. The molecule has 0 fully saturated rings. The molecule has 76 valence electrons. The van der Waals surface area contributed by atoms with Gasteiger partial charge in [0.15, 0.2) is 0 Å². The zero-order valence-electron chi connectivity index (χ0n) is 7.77. The summed E-state index contributed by atoms with van der Waals surface area (Å²) in [6.07, 6.45) is 0.609. The van der Waals surface area contributed by atoms with E-state index in [1.807, 2.05) is 30.3 Å². The zero-order valence-corrected chi connectivity index (χ0v) is 8.53. The Bertz CT molecular complexity index is 467. The lowest BCUT2D eigenvalue weighted by Gasteiger charge is -1.95. The molecule has 0 saturated heterocycles. The molecular formula is C10H8ClN3O. The van der Waals surface area contributed by atoms with Crippen molar-refractivity contribution >= 4 is 16.8 Å². The number of nitrogens with one attached hydrogen (secondary N) is 1. The number of H-pyrrole nitrogens is 1. The Morgan fingerprint density at radius 2 is 2.07 bits per heavy atom. The molecule has 2 aromatic rings. The minimum atomic E-state index is -0.648. The number of aromatic amines is 1. The first-order chi connectivity index (χ1) is 7.25. The Morgan fingerprint density at radius 3 is 2.67 bits per heavy atom. The number of hydrogen-bond acceptors (Lipinski definition) is 3. The number of benzene rings is 1. The number of aromatic nitrogens is 3. The molecule has 0 bridgehead atoms. The van der Waals surface area contributed by atoms with Crippen molar-refractivity contribution in [2.45, 2.75) is 6.42 Å². The highest BCUT2D eigenvalue weighted by Crippen LogP contribution is 2.05. The van der Waals surface area contributed by atoms with Crippen molar-refractivity contribution in [1.29, 1.82) is 0 Å². The van der Waals surface area contributed by atoms with Crippen LogP contribution in [0.2, 0.25) is 0 Å². The van der Waals surface area contributed by atoms with Crippen molar-refractivity contribution in [3.8, 4) is 0 Å². The first kappa shape index (κ1) is 9.86. The lowest BCUT2D eigenvalue weighted by molar-refractivity contribution is 0.107. The summed E-state index contributed by atoms with van der Waals surface area (Å²) in [5.74, 6) is 0.646. The van der Waals surface area contributed by atoms with E-state index >= 15 is 0 Å². The van der Waals surface area contributed by atoms with E-state index < -0.39 is 5.24 Å². The van der Waals surface area contributed by atoms with Gasteiger partial charge in [0, 0.05) is 6.42 Å². The van der Waals surface area contributed by atoms with Gasteiger partial charge in [0.25, 0.3) is 5.24 Å². The van der Waals surface area contributed by atoms with Gasteiger partial charge in [0.1, 0.15) is 5.82 Å². The van der Waals surface area contributed by atoms with Gasteiger partial charge in [-0.2, -0.15) is 0 Å². The molecule has 2 rings (SSSR count). The molecule has 1 N–H and O–H groups in total. The van der Waals surface area contributed by atoms with Gasteiger partial charge >= 0.3 is 0 Å². The van der Waals surface area contributed by atoms with Crippen LogP contribution in [0.1, 0.15) is 22.0 Å². The number of hydrogen-bond donors (Lipinski definition) is 1. The first-order valence-corrected chi connectivity index (χ1v) is 4.78. The first-order valence-electron chi connectivity index (χ1n) is 4.41. The molecule has 0 atom stereocenters. The van der Waals surface area contributed by atoms with Crippen molar-refractivity contribution in [1.82, 2.24) is 15.2 Å². The lowest BCUT2D eigenvalue weighted by Crippen LogP contribution is -1.93. The van der Waals surface area contributed by atoms with Gasteiger partial charge in [-0.3, -0.25) is 9.89 Å². The van der Waals surface area contributed by atoms with Gasteiger partial charge in [-0.15, -0.1) is 5.10 Å².